The van der Waals surface area contributed by atoms with E-state index < -0.39 is 0 Å². The number of unbranched alkanes of at least 4 members (excludes halogenated alkanes) is 10. The minimum atomic E-state index is -0.121. The van der Waals surface area contributed by atoms with Crippen LogP contribution < -0.4 is 8.97 Å². The van der Waals surface area contributed by atoms with Gasteiger partial charge in [0.25, 0.3) is 0 Å². The Hall–Kier alpha value is -3.36. The van der Waals surface area contributed by atoms with Gasteiger partial charge in [-0.05, 0) is 100 Å². The summed E-state index contributed by atoms with van der Waals surface area (Å²) in [5, 5.41) is 0. The van der Waals surface area contributed by atoms with Crippen LogP contribution >= 0.6 is 0 Å². The maximum atomic E-state index is 12.8. The maximum absolute atomic E-state index is 12.8. The molecular weight excluding hydrogens is 649 g/mol. The number of aliphatic imine (C=N–C) groups is 2. The average molecular weight is 721 g/mol. The first-order chi connectivity index (χ1) is 25.3. The molecule has 0 aliphatic rings. The van der Waals surface area contributed by atoms with Crippen LogP contribution in [-0.4, -0.2) is 89.9 Å². The number of nitrogens with zero attached hydrogens (tertiary/aromatic N) is 4. The van der Waals surface area contributed by atoms with Crippen molar-refractivity contribution in [1.29, 1.82) is 0 Å². The fourth-order valence-electron chi connectivity index (χ4n) is 6.74. The summed E-state index contributed by atoms with van der Waals surface area (Å²) in [6.45, 7) is 19.2. The molecule has 0 atom stereocenters. The third-order valence-corrected chi connectivity index (χ3v) is 10.5. The number of hydrogen-bond acceptors (Lipinski definition) is 6. The van der Waals surface area contributed by atoms with E-state index in [4.69, 9.17) is 9.47 Å². The first kappa shape index (κ1) is 44.8. The number of carbonyl (C=O) groups is 2. The van der Waals surface area contributed by atoms with Gasteiger partial charge in [-0.3, -0.25) is 19.0 Å². The van der Waals surface area contributed by atoms with Gasteiger partial charge in [-0.15, -0.1) is 0 Å². The van der Waals surface area contributed by atoms with Crippen LogP contribution in [0.1, 0.15) is 130 Å². The van der Waals surface area contributed by atoms with Gasteiger partial charge in [0.15, 0.2) is 13.1 Å². The number of ether oxygens (including phenoxy) is 2. The predicted molar refractivity (Wildman–Crippen MR) is 222 cm³/mol. The molecule has 0 aliphatic carbocycles. The quantitative estimate of drug-likeness (QED) is 0.0363. The van der Waals surface area contributed by atoms with Crippen molar-refractivity contribution >= 4 is 35.7 Å². The van der Waals surface area contributed by atoms with E-state index >= 15 is 0 Å². The second-order valence-electron chi connectivity index (χ2n) is 14.1. The Balaban J connectivity index is 1.83. The lowest BCUT2D eigenvalue weighted by atomic mass is 10.1. The molecule has 0 amide bonds. The Labute approximate surface area is 316 Å². The molecule has 0 aliphatic heterocycles. The van der Waals surface area contributed by atoms with Crippen molar-refractivity contribution in [2.24, 2.45) is 9.98 Å². The van der Waals surface area contributed by atoms with Crippen molar-refractivity contribution in [3.05, 3.63) is 59.7 Å². The molecule has 8 nitrogen and oxygen atoms in total. The average Bonchev–Trinajstić information content (AvgIpc) is 3.17. The van der Waals surface area contributed by atoms with E-state index in [0.717, 1.165) is 74.4 Å². The van der Waals surface area contributed by atoms with Gasteiger partial charge in [-0.25, -0.2) is 9.59 Å². The van der Waals surface area contributed by atoms with Crippen LogP contribution in [0.2, 0.25) is 0 Å². The van der Waals surface area contributed by atoms with Gasteiger partial charge >= 0.3 is 11.9 Å². The zero-order chi connectivity index (χ0) is 37.9. The molecule has 0 saturated carbocycles. The van der Waals surface area contributed by atoms with Crippen LogP contribution in [0.5, 0.6) is 0 Å². The zero-order valence-electron chi connectivity index (χ0n) is 33.8. The molecule has 2 rings (SSSR count). The fourth-order valence-corrected chi connectivity index (χ4v) is 6.74. The monoisotopic (exact) mass is 721 g/mol. The Morgan fingerprint density at radius 1 is 0.500 bits per heavy atom. The molecule has 0 aromatic heterocycles. The molecule has 0 heterocycles. The van der Waals surface area contributed by atoms with E-state index in [1.54, 1.807) is 0 Å². The van der Waals surface area contributed by atoms with Crippen LogP contribution in [0.4, 0.5) is 11.4 Å². The number of benzene rings is 2. The second kappa shape index (κ2) is 26.4. The Morgan fingerprint density at radius 3 is 1.15 bits per heavy atom. The Morgan fingerprint density at radius 2 is 0.827 bits per heavy atom. The van der Waals surface area contributed by atoms with Crippen molar-refractivity contribution in [3.63, 3.8) is 0 Å². The molecule has 0 radical (unpaired) electrons. The minimum Gasteiger partial charge on any atom is -0.462 e. The van der Waals surface area contributed by atoms with E-state index in [1.807, 2.05) is 12.4 Å². The van der Waals surface area contributed by atoms with Gasteiger partial charge in [0, 0.05) is 12.4 Å². The van der Waals surface area contributed by atoms with Crippen LogP contribution in [0.15, 0.2) is 58.5 Å². The standard InChI is InChI=1S/C44H72N4O4/c1-7-13-15-17-19-21-33-51-43(49)37-47(9-3,10-4)41-27-23-39(24-28-41)35-45-31-32-46-36-40-25-29-42(30-26-40)48(11-5,12-6)38-44(50)52-34-22-20-18-16-14-8-2/h23-30,35-36H,7-22,31-34,37-38H2,1-6H3/q+2. The third kappa shape index (κ3) is 16.1. The van der Waals surface area contributed by atoms with Crippen molar-refractivity contribution in [1.82, 2.24) is 8.97 Å². The highest BCUT2D eigenvalue weighted by Gasteiger charge is 2.31. The van der Waals surface area contributed by atoms with E-state index in [9.17, 15) is 9.59 Å². The highest BCUT2D eigenvalue weighted by atomic mass is 16.5. The third-order valence-electron chi connectivity index (χ3n) is 10.5. The molecule has 0 fully saturated rings. The van der Waals surface area contributed by atoms with Gasteiger partial charge in [-0.2, -0.15) is 0 Å². The number of carbonyl (C=O) groups excluding carboxylic acids is 2. The van der Waals surface area contributed by atoms with Gasteiger partial charge in [0.05, 0.1) is 52.5 Å². The summed E-state index contributed by atoms with van der Waals surface area (Å²) in [5.41, 5.74) is 4.29. The Kier molecular flexibility index (Phi) is 22.8. The SMILES string of the molecule is CCCCCCCCOC(=O)C[N+](CC)(CC)c1ccc(C=NCCN=Cc2ccc([N+](CC)(CC)CC(=O)OCCCCCCCC)cc2)cc1. The lowest BCUT2D eigenvalue weighted by Crippen LogP contribution is -2.52. The molecule has 0 bridgehead atoms. The van der Waals surface area contributed by atoms with Gasteiger partial charge < -0.3 is 9.47 Å². The first-order valence-corrected chi connectivity index (χ1v) is 20.6. The fraction of sp³-hybridized carbons (Fsp3) is 0.636. The number of hydrogen-bond donors (Lipinski definition) is 0. The van der Waals surface area contributed by atoms with E-state index in [0.29, 0.717) is 48.4 Å². The lowest BCUT2D eigenvalue weighted by molar-refractivity contribution is -0.145. The zero-order valence-corrected chi connectivity index (χ0v) is 33.8. The van der Waals surface area contributed by atoms with Gasteiger partial charge in [-0.1, -0.05) is 78.1 Å². The van der Waals surface area contributed by atoms with E-state index in [1.165, 1.54) is 51.4 Å². The van der Waals surface area contributed by atoms with Crippen LogP contribution in [-0.2, 0) is 19.1 Å². The molecule has 0 unspecified atom stereocenters. The summed E-state index contributed by atoms with van der Waals surface area (Å²) in [7, 11) is 0. The van der Waals surface area contributed by atoms with Crippen LogP contribution in [0, 0.1) is 0 Å². The molecule has 2 aromatic rings. The Bertz CT molecular complexity index is 1200. The smallest absolute Gasteiger partial charge is 0.362 e. The molecule has 0 saturated heterocycles. The molecule has 8 heteroatoms. The van der Waals surface area contributed by atoms with Crippen molar-refractivity contribution in [3.8, 4) is 0 Å². The molecule has 2 aromatic carbocycles. The number of esters is 2. The van der Waals surface area contributed by atoms with E-state index in [2.05, 4.69) is 100 Å². The first-order valence-electron chi connectivity index (χ1n) is 20.6. The summed E-state index contributed by atoms with van der Waals surface area (Å²) in [4.78, 5) is 34.7. The molecule has 0 N–H and O–H groups in total. The number of quaternary nitrogens is 2. The predicted octanol–water partition coefficient (Wildman–Crippen LogP) is 9.73. The summed E-state index contributed by atoms with van der Waals surface area (Å²) in [6.07, 6.45) is 17.9. The molecule has 290 valence electrons. The highest BCUT2D eigenvalue weighted by Crippen LogP contribution is 2.25. The second-order valence-corrected chi connectivity index (χ2v) is 14.1. The van der Waals surface area contributed by atoms with Crippen LogP contribution in [0.3, 0.4) is 0 Å². The number of rotatable bonds is 29. The summed E-state index contributed by atoms with van der Waals surface area (Å²) < 4.78 is 12.4. The minimum absolute atomic E-state index is 0.121. The highest BCUT2D eigenvalue weighted by molar-refractivity contribution is 5.82. The van der Waals surface area contributed by atoms with Gasteiger partial charge in [0.2, 0.25) is 0 Å². The van der Waals surface area contributed by atoms with Gasteiger partial charge in [0.1, 0.15) is 11.4 Å². The van der Waals surface area contributed by atoms with Crippen molar-refractivity contribution in [2.75, 3.05) is 65.6 Å². The summed E-state index contributed by atoms with van der Waals surface area (Å²) >= 11 is 0. The van der Waals surface area contributed by atoms with Crippen molar-refractivity contribution < 1.29 is 19.1 Å². The van der Waals surface area contributed by atoms with Crippen LogP contribution in [0.25, 0.3) is 0 Å². The summed E-state index contributed by atoms with van der Waals surface area (Å²) in [6, 6.07) is 16.7. The molecule has 0 spiro atoms. The summed E-state index contributed by atoms with van der Waals surface area (Å²) in [5.74, 6) is -0.242. The number of likely N-dealkylation sites (N-methyl/N-ethyl adjacent to an activating group) is 2. The topological polar surface area (TPSA) is 77.3 Å². The van der Waals surface area contributed by atoms with E-state index in [-0.39, 0.29) is 11.9 Å². The largest absolute Gasteiger partial charge is 0.462 e. The normalized spacial score (nSPS) is 12.2. The molecule has 52 heavy (non-hydrogen) atoms. The van der Waals surface area contributed by atoms with Crippen molar-refractivity contribution in [2.45, 2.75) is 119 Å². The maximum Gasteiger partial charge on any atom is 0.362 e. The molecular formula is C44H72N4O4+2. The lowest BCUT2D eigenvalue weighted by Gasteiger charge is -2.35.